The van der Waals surface area contributed by atoms with Crippen LogP contribution in [-0.4, -0.2) is 44.2 Å². The summed E-state index contributed by atoms with van der Waals surface area (Å²) in [5.41, 5.74) is 0.161. The highest BCUT2D eigenvalue weighted by Gasteiger charge is 2.52. The van der Waals surface area contributed by atoms with Crippen molar-refractivity contribution < 1.29 is 17.5 Å². The van der Waals surface area contributed by atoms with Gasteiger partial charge in [-0.1, -0.05) is 0 Å². The number of rotatable bonds is 1. The van der Waals surface area contributed by atoms with Crippen LogP contribution in [0, 0.1) is 0 Å². The lowest BCUT2D eigenvalue weighted by Crippen LogP contribution is -2.44. The lowest BCUT2D eigenvalue weighted by molar-refractivity contribution is 0.0984. The Labute approximate surface area is 127 Å². The second-order valence-electron chi connectivity index (χ2n) is 5.44. The van der Waals surface area contributed by atoms with E-state index in [0.29, 0.717) is 31.1 Å². The van der Waals surface area contributed by atoms with Gasteiger partial charge in [0.1, 0.15) is 11.5 Å². The van der Waals surface area contributed by atoms with Crippen LogP contribution in [0.1, 0.15) is 25.1 Å². The van der Waals surface area contributed by atoms with Crippen molar-refractivity contribution in [3.63, 3.8) is 0 Å². The Hall–Kier alpha value is -0.990. The molecule has 1 unspecified atom stereocenters. The number of nitrogens with zero attached hydrogens (tertiary/aromatic N) is 3. The van der Waals surface area contributed by atoms with Crippen molar-refractivity contribution in [3.05, 3.63) is 16.5 Å². The van der Waals surface area contributed by atoms with E-state index in [-0.39, 0.29) is 17.0 Å². The summed E-state index contributed by atoms with van der Waals surface area (Å²) in [6.45, 7) is 4.48. The lowest BCUT2D eigenvalue weighted by atomic mass is 10.1. The van der Waals surface area contributed by atoms with E-state index < -0.39 is 20.6 Å². The summed E-state index contributed by atoms with van der Waals surface area (Å²) in [6.07, 6.45) is 0. The van der Waals surface area contributed by atoms with Crippen molar-refractivity contribution in [2.75, 3.05) is 24.7 Å². The molecule has 116 valence electrons. The van der Waals surface area contributed by atoms with Crippen LogP contribution in [0.15, 0.2) is 0 Å². The van der Waals surface area contributed by atoms with E-state index in [9.17, 15) is 12.8 Å². The summed E-state index contributed by atoms with van der Waals surface area (Å²) in [7, 11) is -3.96. The molecule has 0 bridgehead atoms. The van der Waals surface area contributed by atoms with E-state index >= 15 is 0 Å². The fraction of sp³-hybridized carbons (Fsp3) is 0.667. The minimum absolute atomic E-state index is 0.00277. The number of sulfone groups is 1. The maximum absolute atomic E-state index is 14.6. The van der Waals surface area contributed by atoms with Crippen molar-refractivity contribution in [1.29, 1.82) is 0 Å². The summed E-state index contributed by atoms with van der Waals surface area (Å²) in [5, 5.41) is -2.68. The summed E-state index contributed by atoms with van der Waals surface area (Å²) in [5.74, 6) is -0.0166. The molecule has 0 spiro atoms. The first-order valence-electron chi connectivity index (χ1n) is 6.56. The second-order valence-corrected chi connectivity index (χ2v) is 8.06. The molecular formula is C12H15ClFN3O3S. The van der Waals surface area contributed by atoms with Gasteiger partial charge in [-0.05, 0) is 25.4 Å². The number of hydrogen-bond donors (Lipinski definition) is 0. The molecule has 1 saturated heterocycles. The predicted octanol–water partition coefficient (Wildman–Crippen LogP) is 1.43. The number of anilines is 1. The van der Waals surface area contributed by atoms with Gasteiger partial charge in [0.2, 0.25) is 10.3 Å². The molecule has 3 rings (SSSR count). The number of aromatic nitrogens is 2. The SMILES string of the molecule is C[C@H]1COCCN1c1nc(Cl)nc2c1CS(=O)(=O)C2(C)F. The zero-order valence-corrected chi connectivity index (χ0v) is 13.2. The van der Waals surface area contributed by atoms with Crippen molar-refractivity contribution in [1.82, 2.24) is 9.97 Å². The van der Waals surface area contributed by atoms with Gasteiger partial charge in [0.25, 0.3) is 0 Å². The number of fused-ring (bicyclic) bond motifs is 1. The number of hydrogen-bond acceptors (Lipinski definition) is 6. The summed E-state index contributed by atoms with van der Waals surface area (Å²) in [6, 6.07) is 0.00277. The van der Waals surface area contributed by atoms with Crippen LogP contribution in [0.3, 0.4) is 0 Å². The molecule has 0 N–H and O–H groups in total. The maximum Gasteiger partial charge on any atom is 0.250 e. The predicted molar refractivity (Wildman–Crippen MR) is 75.8 cm³/mol. The molecule has 1 fully saturated rings. The van der Waals surface area contributed by atoms with Crippen LogP contribution >= 0.6 is 11.6 Å². The molecule has 0 amide bonds. The third kappa shape index (κ3) is 2.20. The first kappa shape index (κ1) is 14.9. The zero-order chi connectivity index (χ0) is 15.4. The Morgan fingerprint density at radius 3 is 2.86 bits per heavy atom. The second kappa shape index (κ2) is 4.76. The van der Waals surface area contributed by atoms with Crippen LogP contribution in [0.25, 0.3) is 0 Å². The maximum atomic E-state index is 14.6. The lowest BCUT2D eigenvalue weighted by Gasteiger charge is -2.35. The Balaban J connectivity index is 2.18. The number of halogens is 2. The first-order chi connectivity index (χ1) is 9.74. The average molecular weight is 336 g/mol. The third-order valence-corrected chi connectivity index (χ3v) is 6.14. The monoisotopic (exact) mass is 335 g/mol. The molecule has 1 aromatic rings. The summed E-state index contributed by atoms with van der Waals surface area (Å²) in [4.78, 5) is 9.86. The number of alkyl halides is 1. The molecule has 2 atom stereocenters. The molecule has 6 nitrogen and oxygen atoms in total. The highest BCUT2D eigenvalue weighted by molar-refractivity contribution is 7.91. The van der Waals surface area contributed by atoms with E-state index in [0.717, 1.165) is 6.92 Å². The summed E-state index contributed by atoms with van der Waals surface area (Å²) >= 11 is 5.87. The van der Waals surface area contributed by atoms with Gasteiger partial charge in [0, 0.05) is 12.1 Å². The third-order valence-electron chi connectivity index (χ3n) is 3.94. The van der Waals surface area contributed by atoms with E-state index in [1.807, 2.05) is 11.8 Å². The van der Waals surface area contributed by atoms with Gasteiger partial charge >= 0.3 is 0 Å². The molecule has 2 aliphatic rings. The van der Waals surface area contributed by atoms with E-state index in [1.165, 1.54) is 0 Å². The Morgan fingerprint density at radius 1 is 1.48 bits per heavy atom. The Morgan fingerprint density at radius 2 is 2.19 bits per heavy atom. The van der Waals surface area contributed by atoms with Gasteiger partial charge in [-0.2, -0.15) is 0 Å². The van der Waals surface area contributed by atoms with E-state index in [1.54, 1.807) is 0 Å². The van der Waals surface area contributed by atoms with E-state index in [2.05, 4.69) is 9.97 Å². The molecule has 0 saturated carbocycles. The fourth-order valence-corrected chi connectivity index (χ4v) is 4.24. The van der Waals surface area contributed by atoms with Crippen molar-refractivity contribution in [2.45, 2.75) is 30.6 Å². The van der Waals surface area contributed by atoms with Crippen LogP contribution in [0.5, 0.6) is 0 Å². The Kier molecular flexibility index (Phi) is 3.38. The van der Waals surface area contributed by atoms with Crippen molar-refractivity contribution >= 4 is 27.3 Å². The molecule has 1 aromatic heterocycles. The van der Waals surface area contributed by atoms with Gasteiger partial charge in [-0.3, -0.25) is 0 Å². The minimum Gasteiger partial charge on any atom is -0.377 e. The molecule has 0 radical (unpaired) electrons. The van der Waals surface area contributed by atoms with Gasteiger partial charge in [0.05, 0.1) is 25.0 Å². The van der Waals surface area contributed by atoms with Crippen molar-refractivity contribution in [3.8, 4) is 0 Å². The highest BCUT2D eigenvalue weighted by atomic mass is 35.5. The molecule has 21 heavy (non-hydrogen) atoms. The minimum atomic E-state index is -3.96. The molecule has 0 aliphatic carbocycles. The van der Waals surface area contributed by atoms with Gasteiger partial charge in [-0.25, -0.2) is 22.8 Å². The average Bonchev–Trinajstić information content (AvgIpc) is 2.57. The van der Waals surface area contributed by atoms with E-state index in [4.69, 9.17) is 16.3 Å². The van der Waals surface area contributed by atoms with Crippen LogP contribution in [0.4, 0.5) is 10.2 Å². The van der Waals surface area contributed by atoms with Crippen LogP contribution in [0.2, 0.25) is 5.28 Å². The fourth-order valence-electron chi connectivity index (χ4n) is 2.70. The van der Waals surface area contributed by atoms with Gasteiger partial charge in [0.15, 0.2) is 9.84 Å². The largest absolute Gasteiger partial charge is 0.377 e. The van der Waals surface area contributed by atoms with Crippen LogP contribution in [-0.2, 0) is 25.3 Å². The topological polar surface area (TPSA) is 72.4 Å². The molecule has 9 heteroatoms. The molecule has 2 aliphatic heterocycles. The molecule has 0 aromatic carbocycles. The Bertz CT molecular complexity index is 695. The molecule has 3 heterocycles. The standard InChI is InChI=1S/C12H15ClFN3O3S/c1-7-5-20-4-3-17(7)10-8-6-21(18,19)12(2,14)9(8)15-11(13)16-10/h7H,3-6H2,1-2H3/t7-,12?/m0/s1. The normalized spacial score (nSPS) is 31.2. The van der Waals surface area contributed by atoms with Gasteiger partial charge in [-0.15, -0.1) is 0 Å². The number of ether oxygens (including phenoxy) is 1. The quantitative estimate of drug-likeness (QED) is 0.723. The first-order valence-corrected chi connectivity index (χ1v) is 8.59. The van der Waals surface area contributed by atoms with Gasteiger partial charge < -0.3 is 9.64 Å². The zero-order valence-electron chi connectivity index (χ0n) is 11.6. The number of morpholine rings is 1. The smallest absolute Gasteiger partial charge is 0.250 e. The highest BCUT2D eigenvalue weighted by Crippen LogP contribution is 2.45. The van der Waals surface area contributed by atoms with Crippen LogP contribution < -0.4 is 4.90 Å². The molecular weight excluding hydrogens is 321 g/mol. The van der Waals surface area contributed by atoms with Crippen molar-refractivity contribution in [2.24, 2.45) is 0 Å². The summed E-state index contributed by atoms with van der Waals surface area (Å²) < 4.78 is 44.1.